The van der Waals surface area contributed by atoms with Crippen LogP contribution in [0.4, 0.5) is 10.5 Å². The number of hydrogen-bond donors (Lipinski definition) is 0. The molecule has 11 heteroatoms. The molecule has 1 aliphatic rings. The van der Waals surface area contributed by atoms with Crippen molar-refractivity contribution < 1.29 is 19.1 Å². The number of pyridine rings is 1. The van der Waals surface area contributed by atoms with Crippen molar-refractivity contribution in [3.63, 3.8) is 0 Å². The molecule has 0 aliphatic carbocycles. The number of ether oxygens (including phenoxy) is 2. The summed E-state index contributed by atoms with van der Waals surface area (Å²) in [5, 5.41) is 2.40. The summed E-state index contributed by atoms with van der Waals surface area (Å²) in [6, 6.07) is 13.6. The predicted molar refractivity (Wildman–Crippen MR) is 170 cm³/mol. The van der Waals surface area contributed by atoms with Crippen molar-refractivity contribution in [3.05, 3.63) is 75.2 Å². The van der Waals surface area contributed by atoms with Crippen LogP contribution < -0.4 is 9.64 Å². The Morgan fingerprint density at radius 1 is 1.20 bits per heavy atom. The quantitative estimate of drug-likeness (QED) is 0.240. The fraction of sp³-hybridized carbons (Fsp3) is 0.433. The molecular formula is C30H39ClN4O4S2. The number of anilines is 1. The number of nitrogens with zero attached hydrogens (tertiary/aromatic N) is 4. The van der Waals surface area contributed by atoms with E-state index in [0.717, 1.165) is 27.6 Å². The SMILES string of the molecule is CN(CC[C@H](Oc1ccc(CN2CCN(C)c3cc(Cl)ncc3C2=O)cc1)c1cccs1)C(=O)OCCS(C)(C)C. The number of amides is 2. The molecule has 1 atom stereocenters. The van der Waals surface area contributed by atoms with Crippen LogP contribution in [0, 0.1) is 0 Å². The molecule has 0 bridgehead atoms. The van der Waals surface area contributed by atoms with Crippen molar-refractivity contribution in [1.82, 2.24) is 14.8 Å². The first-order chi connectivity index (χ1) is 19.5. The molecule has 0 radical (unpaired) electrons. The summed E-state index contributed by atoms with van der Waals surface area (Å²) in [6.07, 6.45) is 8.31. The molecule has 0 spiro atoms. The number of likely N-dealkylation sites (N-methyl/N-ethyl adjacent to an activating group) is 1. The molecule has 3 heterocycles. The second kappa shape index (κ2) is 13.8. The van der Waals surface area contributed by atoms with E-state index < -0.39 is 10.0 Å². The van der Waals surface area contributed by atoms with Gasteiger partial charge in [0.15, 0.2) is 0 Å². The number of aromatic nitrogens is 1. The molecule has 0 N–H and O–H groups in total. The molecule has 0 saturated heterocycles. The van der Waals surface area contributed by atoms with Gasteiger partial charge in [-0.05, 0) is 54.0 Å². The fourth-order valence-corrected chi connectivity index (χ4v) is 5.92. The molecular weight excluding hydrogens is 580 g/mol. The highest BCUT2D eigenvalue weighted by atomic mass is 35.5. The van der Waals surface area contributed by atoms with Crippen molar-refractivity contribution in [2.24, 2.45) is 0 Å². The van der Waals surface area contributed by atoms with Crippen LogP contribution in [0.1, 0.15) is 33.3 Å². The normalized spacial score (nSPS) is 14.7. The third-order valence-corrected chi connectivity index (χ3v) is 9.44. The Morgan fingerprint density at radius 2 is 1.95 bits per heavy atom. The Bertz CT molecular complexity index is 1320. The largest absolute Gasteiger partial charge is 0.485 e. The van der Waals surface area contributed by atoms with Crippen LogP contribution in [0.15, 0.2) is 54.0 Å². The van der Waals surface area contributed by atoms with Crippen LogP contribution in [-0.4, -0.2) is 91.6 Å². The number of rotatable bonds is 11. The summed E-state index contributed by atoms with van der Waals surface area (Å²) < 4.78 is 11.9. The highest BCUT2D eigenvalue weighted by Gasteiger charge is 2.26. The molecule has 0 unspecified atom stereocenters. The van der Waals surface area contributed by atoms with E-state index in [1.54, 1.807) is 35.5 Å². The number of hydrogen-bond acceptors (Lipinski definition) is 7. The molecule has 8 nitrogen and oxygen atoms in total. The number of thiophene rings is 1. The van der Waals surface area contributed by atoms with Crippen LogP contribution in [0.3, 0.4) is 0 Å². The third kappa shape index (κ3) is 8.77. The third-order valence-electron chi connectivity index (χ3n) is 6.88. The first-order valence-corrected chi connectivity index (χ1v) is 17.8. The Balaban J connectivity index is 1.36. The summed E-state index contributed by atoms with van der Waals surface area (Å²) in [6.45, 7) is 2.72. The van der Waals surface area contributed by atoms with Crippen LogP contribution in [0.25, 0.3) is 0 Å². The first-order valence-electron chi connectivity index (χ1n) is 13.5. The van der Waals surface area contributed by atoms with Crippen LogP contribution >= 0.6 is 33.0 Å². The maximum atomic E-state index is 13.3. The van der Waals surface area contributed by atoms with Gasteiger partial charge in [0.05, 0.1) is 11.3 Å². The Morgan fingerprint density at radius 3 is 2.63 bits per heavy atom. The minimum Gasteiger partial charge on any atom is -0.485 e. The molecule has 1 aromatic carbocycles. The summed E-state index contributed by atoms with van der Waals surface area (Å²) in [7, 11) is 3.01. The zero-order valence-corrected chi connectivity index (χ0v) is 26.7. The van der Waals surface area contributed by atoms with E-state index in [1.165, 1.54) is 0 Å². The van der Waals surface area contributed by atoms with Gasteiger partial charge in [-0.15, -0.1) is 11.3 Å². The van der Waals surface area contributed by atoms with Crippen LogP contribution in [0.2, 0.25) is 5.15 Å². The average Bonchev–Trinajstić information content (AvgIpc) is 3.44. The summed E-state index contributed by atoms with van der Waals surface area (Å²) in [4.78, 5) is 36.4. The van der Waals surface area contributed by atoms with Crippen molar-refractivity contribution in [1.29, 1.82) is 0 Å². The van der Waals surface area contributed by atoms with Gasteiger partial charge in [-0.3, -0.25) is 4.79 Å². The Hall–Kier alpha value is -2.95. The van der Waals surface area contributed by atoms with Gasteiger partial charge in [0.1, 0.15) is 23.6 Å². The second-order valence-electron chi connectivity index (χ2n) is 11.1. The zero-order valence-electron chi connectivity index (χ0n) is 24.3. The van der Waals surface area contributed by atoms with E-state index in [9.17, 15) is 9.59 Å². The lowest BCUT2D eigenvalue weighted by Crippen LogP contribution is -2.33. The van der Waals surface area contributed by atoms with Crippen molar-refractivity contribution in [2.75, 3.05) is 69.8 Å². The lowest BCUT2D eigenvalue weighted by molar-refractivity contribution is 0.0754. The number of carbonyl (C=O) groups is 2. The molecule has 4 rings (SSSR count). The molecule has 1 aliphatic heterocycles. The molecule has 0 fully saturated rings. The molecule has 2 aromatic heterocycles. The lowest BCUT2D eigenvalue weighted by Gasteiger charge is -2.26. The number of halogens is 1. The van der Waals surface area contributed by atoms with E-state index >= 15 is 0 Å². The maximum absolute atomic E-state index is 13.3. The fourth-order valence-electron chi connectivity index (χ4n) is 4.40. The monoisotopic (exact) mass is 618 g/mol. The van der Waals surface area contributed by atoms with Crippen LogP contribution in [-0.2, 0) is 11.3 Å². The predicted octanol–water partition coefficient (Wildman–Crippen LogP) is 6.16. The molecule has 222 valence electrons. The average molecular weight is 619 g/mol. The smallest absolute Gasteiger partial charge is 0.409 e. The van der Waals surface area contributed by atoms with E-state index in [0.29, 0.717) is 49.9 Å². The van der Waals surface area contributed by atoms with Gasteiger partial charge in [-0.2, -0.15) is 0 Å². The van der Waals surface area contributed by atoms with Crippen LogP contribution in [0.5, 0.6) is 5.75 Å². The van der Waals surface area contributed by atoms with Gasteiger partial charge < -0.3 is 24.2 Å². The van der Waals surface area contributed by atoms with Crippen molar-refractivity contribution >= 4 is 50.7 Å². The maximum Gasteiger partial charge on any atom is 0.409 e. The van der Waals surface area contributed by atoms with Crippen molar-refractivity contribution in [3.8, 4) is 5.75 Å². The Kier molecular flexibility index (Phi) is 10.4. The minimum atomic E-state index is -0.709. The van der Waals surface area contributed by atoms with Gasteiger partial charge in [0, 0.05) is 63.5 Å². The molecule has 2 amide bonds. The van der Waals surface area contributed by atoms with E-state index in [2.05, 4.69) is 29.8 Å². The molecule has 0 saturated carbocycles. The Labute approximate surface area is 253 Å². The van der Waals surface area contributed by atoms with Gasteiger partial charge in [-0.1, -0.05) is 29.8 Å². The summed E-state index contributed by atoms with van der Waals surface area (Å²) >= 11 is 7.71. The molecule has 41 heavy (non-hydrogen) atoms. The summed E-state index contributed by atoms with van der Waals surface area (Å²) in [5.41, 5.74) is 2.36. The second-order valence-corrected chi connectivity index (χ2v) is 17.0. The zero-order chi connectivity index (χ0) is 29.6. The lowest BCUT2D eigenvalue weighted by atomic mass is 10.1. The highest BCUT2D eigenvalue weighted by Crippen LogP contribution is 2.34. The van der Waals surface area contributed by atoms with E-state index in [1.807, 2.05) is 52.6 Å². The standard InChI is InChI=1S/C30H39ClN4O4S2/c1-33-14-15-35(29(36)24-20-32-28(31)19-25(24)33)21-22-8-10-23(11-9-22)39-26(27-7-6-17-40-27)12-13-34(2)30(37)38-16-18-41(3,4)5/h6-11,17,19-20,26H,12-16,18,21H2,1-5H3/t26-/m0/s1. The molecule has 3 aromatic rings. The highest BCUT2D eigenvalue weighted by molar-refractivity contribution is 8.32. The van der Waals surface area contributed by atoms with Crippen molar-refractivity contribution in [2.45, 2.75) is 19.1 Å². The van der Waals surface area contributed by atoms with Gasteiger partial charge >= 0.3 is 6.09 Å². The minimum absolute atomic E-state index is 0.0612. The van der Waals surface area contributed by atoms with Gasteiger partial charge in [0.25, 0.3) is 5.91 Å². The van der Waals surface area contributed by atoms with E-state index in [4.69, 9.17) is 21.1 Å². The van der Waals surface area contributed by atoms with Gasteiger partial charge in [-0.25, -0.2) is 19.8 Å². The number of fused-ring (bicyclic) bond motifs is 1. The number of benzene rings is 1. The first kappa shape index (κ1) is 31.0. The summed E-state index contributed by atoms with van der Waals surface area (Å²) in [5.74, 6) is 1.57. The number of carbonyl (C=O) groups excluding carboxylic acids is 2. The van der Waals surface area contributed by atoms with Gasteiger partial charge in [0.2, 0.25) is 0 Å². The topological polar surface area (TPSA) is 75.2 Å². The van der Waals surface area contributed by atoms with E-state index in [-0.39, 0.29) is 18.1 Å².